The summed E-state index contributed by atoms with van der Waals surface area (Å²) in [6, 6.07) is 5.91. The van der Waals surface area contributed by atoms with Crippen molar-refractivity contribution in [3.63, 3.8) is 0 Å². The molecule has 0 saturated carbocycles. The summed E-state index contributed by atoms with van der Waals surface area (Å²) in [5.41, 5.74) is 5.33. The second-order valence-corrected chi connectivity index (χ2v) is 6.06. The van der Waals surface area contributed by atoms with Gasteiger partial charge in [-0.1, -0.05) is 0 Å². The third kappa shape index (κ3) is 16.5. The number of non-ortho nitro benzene ring substituents is 1. The summed E-state index contributed by atoms with van der Waals surface area (Å²) in [7, 11) is 0. The molecule has 0 bridgehead atoms. The number of hydrogen-bond donors (Lipinski definition) is 1. The quantitative estimate of drug-likeness (QED) is 0.156. The Morgan fingerprint density at radius 3 is 1.32 bits per heavy atom. The first kappa shape index (κ1) is 27.2. The van der Waals surface area contributed by atoms with E-state index in [1.54, 1.807) is 12.1 Å². The number of nitro groups is 1. The van der Waals surface area contributed by atoms with Crippen molar-refractivity contribution in [2.75, 3.05) is 92.4 Å². The predicted molar refractivity (Wildman–Crippen MR) is 113 cm³/mol. The van der Waals surface area contributed by atoms with Gasteiger partial charge in [-0.2, -0.15) is 0 Å². The minimum Gasteiger partial charge on any atom is -0.491 e. The van der Waals surface area contributed by atoms with Crippen LogP contribution in [0.3, 0.4) is 0 Å². The summed E-state index contributed by atoms with van der Waals surface area (Å²) in [4.78, 5) is 10.1. The number of nitrogens with zero attached hydrogens (tertiary/aromatic N) is 1. The molecule has 11 nitrogen and oxygen atoms in total. The van der Waals surface area contributed by atoms with Gasteiger partial charge >= 0.3 is 0 Å². The fraction of sp³-hybridized carbons (Fsp3) is 0.700. The van der Waals surface area contributed by atoms with Crippen LogP contribution in [0.5, 0.6) is 5.75 Å². The molecular formula is C20H34N2O9. The Balaban J connectivity index is 1.75. The highest BCUT2D eigenvalue weighted by atomic mass is 16.6. The lowest BCUT2D eigenvalue weighted by Gasteiger charge is -2.08. The number of hydrogen-bond acceptors (Lipinski definition) is 10. The SMILES string of the molecule is NCCOCCOCCOCCOCCOCCOCCOc1ccc([N+](=O)[O-])cc1. The van der Waals surface area contributed by atoms with E-state index in [9.17, 15) is 10.1 Å². The van der Waals surface area contributed by atoms with Gasteiger partial charge < -0.3 is 38.9 Å². The van der Waals surface area contributed by atoms with Crippen LogP contribution in [0.4, 0.5) is 5.69 Å². The van der Waals surface area contributed by atoms with Gasteiger partial charge in [0.15, 0.2) is 0 Å². The summed E-state index contributed by atoms with van der Waals surface area (Å²) in [6.07, 6.45) is 0. The molecule has 0 heterocycles. The molecule has 0 saturated heterocycles. The van der Waals surface area contributed by atoms with Crippen molar-refractivity contribution in [2.24, 2.45) is 5.73 Å². The minimum absolute atomic E-state index is 0.0306. The van der Waals surface area contributed by atoms with Gasteiger partial charge in [0.2, 0.25) is 0 Å². The van der Waals surface area contributed by atoms with E-state index in [0.717, 1.165) is 0 Å². The van der Waals surface area contributed by atoms with Crippen LogP contribution < -0.4 is 10.5 Å². The molecular weight excluding hydrogens is 412 g/mol. The molecule has 0 atom stereocenters. The number of ether oxygens (including phenoxy) is 7. The molecule has 0 aliphatic carbocycles. The summed E-state index contributed by atoms with van der Waals surface area (Å²) < 4.78 is 37.5. The molecule has 0 aliphatic heterocycles. The molecule has 11 heteroatoms. The number of nitro benzene ring substituents is 1. The Bertz CT molecular complexity index is 546. The Morgan fingerprint density at radius 1 is 0.613 bits per heavy atom. The third-order valence-corrected chi connectivity index (χ3v) is 3.67. The van der Waals surface area contributed by atoms with Crippen LogP contribution >= 0.6 is 0 Å². The first-order chi connectivity index (χ1) is 15.2. The van der Waals surface area contributed by atoms with E-state index in [1.807, 2.05) is 0 Å². The van der Waals surface area contributed by atoms with Gasteiger partial charge in [-0.25, -0.2) is 0 Å². The Kier molecular flexibility index (Phi) is 17.6. The largest absolute Gasteiger partial charge is 0.491 e. The molecule has 31 heavy (non-hydrogen) atoms. The van der Waals surface area contributed by atoms with Gasteiger partial charge in [0, 0.05) is 18.7 Å². The van der Waals surface area contributed by atoms with Crippen molar-refractivity contribution < 1.29 is 38.1 Å². The van der Waals surface area contributed by atoms with Crippen molar-refractivity contribution in [3.8, 4) is 5.75 Å². The Morgan fingerprint density at radius 2 is 0.968 bits per heavy atom. The molecule has 0 spiro atoms. The van der Waals surface area contributed by atoms with Crippen LogP contribution in [0, 0.1) is 10.1 Å². The van der Waals surface area contributed by atoms with E-state index in [4.69, 9.17) is 38.9 Å². The van der Waals surface area contributed by atoms with E-state index in [1.165, 1.54) is 12.1 Å². The van der Waals surface area contributed by atoms with E-state index < -0.39 is 4.92 Å². The lowest BCUT2D eigenvalue weighted by Crippen LogP contribution is -2.15. The molecule has 0 amide bonds. The van der Waals surface area contributed by atoms with E-state index >= 15 is 0 Å². The smallest absolute Gasteiger partial charge is 0.269 e. The van der Waals surface area contributed by atoms with Gasteiger partial charge in [0.1, 0.15) is 12.4 Å². The van der Waals surface area contributed by atoms with Crippen LogP contribution in [0.15, 0.2) is 24.3 Å². The van der Waals surface area contributed by atoms with Crippen LogP contribution in [0.2, 0.25) is 0 Å². The second-order valence-electron chi connectivity index (χ2n) is 6.06. The number of benzene rings is 1. The van der Waals surface area contributed by atoms with Crippen molar-refractivity contribution in [1.29, 1.82) is 0 Å². The maximum Gasteiger partial charge on any atom is 0.269 e. The predicted octanol–water partition coefficient (Wildman–Crippen LogP) is 1.03. The zero-order chi connectivity index (χ0) is 22.4. The van der Waals surface area contributed by atoms with Crippen LogP contribution in [0.1, 0.15) is 0 Å². The standard InChI is InChI=1S/C20H34N2O9/c21-5-6-25-7-8-26-9-10-27-11-12-28-13-14-29-15-16-30-17-18-31-20-3-1-19(2-4-20)22(23)24/h1-4H,5-18,21H2. The molecule has 1 rings (SSSR count). The maximum absolute atomic E-state index is 10.6. The van der Waals surface area contributed by atoms with Gasteiger partial charge in [0.05, 0.1) is 84.2 Å². The van der Waals surface area contributed by atoms with E-state index in [2.05, 4.69) is 0 Å². The van der Waals surface area contributed by atoms with Crippen molar-refractivity contribution in [1.82, 2.24) is 0 Å². The van der Waals surface area contributed by atoms with E-state index in [-0.39, 0.29) is 5.69 Å². The van der Waals surface area contributed by atoms with Crippen LogP contribution in [-0.2, 0) is 28.4 Å². The molecule has 1 aromatic rings. The highest BCUT2D eigenvalue weighted by Gasteiger charge is 2.04. The molecule has 0 aromatic heterocycles. The molecule has 0 unspecified atom stereocenters. The first-order valence-corrected chi connectivity index (χ1v) is 10.3. The summed E-state index contributed by atoms with van der Waals surface area (Å²) in [6.45, 7) is 6.83. The second kappa shape index (κ2) is 20.1. The van der Waals surface area contributed by atoms with Gasteiger partial charge in [-0.15, -0.1) is 0 Å². The fourth-order valence-corrected chi connectivity index (χ4v) is 2.17. The highest BCUT2D eigenvalue weighted by molar-refractivity contribution is 5.35. The number of rotatable bonds is 22. The van der Waals surface area contributed by atoms with Gasteiger partial charge in [-0.3, -0.25) is 10.1 Å². The average molecular weight is 446 g/mol. The Labute approximate surface area is 182 Å². The maximum atomic E-state index is 10.6. The summed E-state index contributed by atoms with van der Waals surface area (Å²) >= 11 is 0. The zero-order valence-electron chi connectivity index (χ0n) is 17.9. The van der Waals surface area contributed by atoms with Crippen molar-refractivity contribution in [3.05, 3.63) is 34.4 Å². The third-order valence-electron chi connectivity index (χ3n) is 3.67. The molecule has 0 radical (unpaired) electrons. The average Bonchev–Trinajstić information content (AvgIpc) is 2.78. The monoisotopic (exact) mass is 446 g/mol. The van der Waals surface area contributed by atoms with E-state index in [0.29, 0.717) is 98.2 Å². The van der Waals surface area contributed by atoms with Crippen molar-refractivity contribution in [2.45, 2.75) is 0 Å². The topological polar surface area (TPSA) is 134 Å². The molecule has 178 valence electrons. The lowest BCUT2D eigenvalue weighted by atomic mass is 10.3. The zero-order valence-corrected chi connectivity index (χ0v) is 17.9. The lowest BCUT2D eigenvalue weighted by molar-refractivity contribution is -0.384. The van der Waals surface area contributed by atoms with Crippen molar-refractivity contribution >= 4 is 5.69 Å². The Hall–Kier alpha value is -1.86. The number of nitrogens with two attached hydrogens (primary N) is 1. The highest BCUT2D eigenvalue weighted by Crippen LogP contribution is 2.16. The minimum atomic E-state index is -0.451. The van der Waals surface area contributed by atoms with Gasteiger partial charge in [-0.05, 0) is 12.1 Å². The fourth-order valence-electron chi connectivity index (χ4n) is 2.17. The van der Waals surface area contributed by atoms with Crippen LogP contribution in [0.25, 0.3) is 0 Å². The summed E-state index contributed by atoms with van der Waals surface area (Å²) in [5, 5.41) is 10.6. The molecule has 2 N–H and O–H groups in total. The normalized spacial score (nSPS) is 11.0. The van der Waals surface area contributed by atoms with Gasteiger partial charge in [0.25, 0.3) is 5.69 Å². The molecule has 0 fully saturated rings. The molecule has 0 aliphatic rings. The molecule has 1 aromatic carbocycles. The van der Waals surface area contributed by atoms with Crippen LogP contribution in [-0.4, -0.2) is 97.4 Å². The first-order valence-electron chi connectivity index (χ1n) is 10.3. The summed E-state index contributed by atoms with van der Waals surface area (Å²) in [5.74, 6) is 0.562.